The minimum absolute atomic E-state index is 0.0658. The summed E-state index contributed by atoms with van der Waals surface area (Å²) in [6.07, 6.45) is 2.51. The molecule has 0 aliphatic carbocycles. The van der Waals surface area contributed by atoms with E-state index in [9.17, 15) is 9.59 Å². The lowest BCUT2D eigenvalue weighted by Gasteiger charge is -2.22. The van der Waals surface area contributed by atoms with Crippen LogP contribution >= 0.6 is 0 Å². The lowest BCUT2D eigenvalue weighted by molar-refractivity contribution is -0.128. The molecule has 2 aliphatic heterocycles. The Morgan fingerprint density at radius 3 is 2.39 bits per heavy atom. The lowest BCUT2D eigenvalue weighted by atomic mass is 10.0. The van der Waals surface area contributed by atoms with E-state index in [0.29, 0.717) is 13.0 Å². The standard InChI is InChI=1S/C17H23N3O3/c18-16(21)15-6-5-14(23-15)11-19-17(22)20-9-7-12-3-1-2-4-13(12)8-10-20/h1-4,14-15H,5-11H2,(H2,18,21)(H,19,22). The molecule has 3 rings (SSSR count). The van der Waals surface area contributed by atoms with Crippen LogP contribution in [0.4, 0.5) is 4.79 Å². The predicted octanol–water partition coefficient (Wildman–Crippen LogP) is 0.830. The summed E-state index contributed by atoms with van der Waals surface area (Å²) >= 11 is 0. The van der Waals surface area contributed by atoms with Crippen molar-refractivity contribution in [2.24, 2.45) is 5.73 Å². The van der Waals surface area contributed by atoms with Crippen molar-refractivity contribution in [2.45, 2.75) is 37.9 Å². The highest BCUT2D eigenvalue weighted by Crippen LogP contribution is 2.19. The molecule has 0 bridgehead atoms. The Balaban J connectivity index is 1.47. The molecule has 0 spiro atoms. The van der Waals surface area contributed by atoms with E-state index in [0.717, 1.165) is 32.4 Å². The van der Waals surface area contributed by atoms with Gasteiger partial charge in [0.15, 0.2) is 0 Å². The van der Waals surface area contributed by atoms with Gasteiger partial charge in [-0.05, 0) is 36.8 Å². The van der Waals surface area contributed by atoms with Gasteiger partial charge in [0.2, 0.25) is 5.91 Å². The average Bonchev–Trinajstić information content (AvgIpc) is 2.92. The van der Waals surface area contributed by atoms with Crippen LogP contribution in [-0.2, 0) is 22.4 Å². The van der Waals surface area contributed by atoms with Crippen molar-refractivity contribution in [3.8, 4) is 0 Å². The molecule has 0 aromatic heterocycles. The molecule has 2 aliphatic rings. The lowest BCUT2D eigenvalue weighted by Crippen LogP contribution is -2.44. The Labute approximate surface area is 136 Å². The number of carbonyl (C=O) groups is 2. The molecule has 1 aromatic rings. The molecule has 2 heterocycles. The molecule has 0 saturated carbocycles. The van der Waals surface area contributed by atoms with Gasteiger partial charge in [-0.3, -0.25) is 4.79 Å². The topological polar surface area (TPSA) is 84.7 Å². The molecule has 3 N–H and O–H groups in total. The highest BCUT2D eigenvalue weighted by molar-refractivity contribution is 5.79. The summed E-state index contributed by atoms with van der Waals surface area (Å²) in [6.45, 7) is 1.86. The molecule has 3 amide bonds. The molecule has 2 atom stereocenters. The van der Waals surface area contributed by atoms with Crippen molar-refractivity contribution < 1.29 is 14.3 Å². The van der Waals surface area contributed by atoms with Gasteiger partial charge in [0.25, 0.3) is 0 Å². The summed E-state index contributed by atoms with van der Waals surface area (Å²) in [5.41, 5.74) is 7.88. The van der Waals surface area contributed by atoms with Crippen molar-refractivity contribution in [2.75, 3.05) is 19.6 Å². The molecule has 1 saturated heterocycles. The molecule has 23 heavy (non-hydrogen) atoms. The highest BCUT2D eigenvalue weighted by atomic mass is 16.5. The Bertz CT molecular complexity index is 563. The fourth-order valence-electron chi connectivity index (χ4n) is 3.25. The van der Waals surface area contributed by atoms with Gasteiger partial charge in [-0.2, -0.15) is 0 Å². The van der Waals surface area contributed by atoms with Gasteiger partial charge in [-0.25, -0.2) is 4.79 Å². The number of benzene rings is 1. The second-order valence-electron chi connectivity index (χ2n) is 6.17. The molecule has 1 fully saturated rings. The van der Waals surface area contributed by atoms with Crippen LogP contribution in [0.15, 0.2) is 24.3 Å². The largest absolute Gasteiger partial charge is 0.367 e. The van der Waals surface area contributed by atoms with E-state index in [-0.39, 0.29) is 12.1 Å². The SMILES string of the molecule is NC(=O)C1CCC(CNC(=O)N2CCc3ccccc3CC2)O1. The summed E-state index contributed by atoms with van der Waals surface area (Å²) in [6, 6.07) is 8.28. The van der Waals surface area contributed by atoms with Gasteiger partial charge in [0.05, 0.1) is 6.10 Å². The summed E-state index contributed by atoms with van der Waals surface area (Å²) in [5, 5.41) is 2.92. The maximum Gasteiger partial charge on any atom is 0.317 e. The summed E-state index contributed by atoms with van der Waals surface area (Å²) in [5.74, 6) is -0.427. The maximum absolute atomic E-state index is 12.3. The molecule has 0 radical (unpaired) electrons. The number of hydrogen-bond donors (Lipinski definition) is 2. The van der Waals surface area contributed by atoms with E-state index >= 15 is 0 Å². The summed E-state index contributed by atoms with van der Waals surface area (Å²) < 4.78 is 5.53. The molecule has 2 unspecified atom stereocenters. The number of urea groups is 1. The predicted molar refractivity (Wildman–Crippen MR) is 85.9 cm³/mol. The van der Waals surface area contributed by atoms with E-state index < -0.39 is 12.0 Å². The molecule has 1 aromatic carbocycles. The second kappa shape index (κ2) is 7.00. The minimum Gasteiger partial charge on any atom is -0.367 e. The van der Waals surface area contributed by atoms with Crippen LogP contribution in [0.1, 0.15) is 24.0 Å². The Morgan fingerprint density at radius 2 is 1.83 bits per heavy atom. The number of ether oxygens (including phenoxy) is 1. The van der Waals surface area contributed by atoms with Gasteiger partial charge < -0.3 is 20.7 Å². The van der Waals surface area contributed by atoms with Crippen molar-refractivity contribution >= 4 is 11.9 Å². The Kier molecular flexibility index (Phi) is 4.81. The van der Waals surface area contributed by atoms with Crippen LogP contribution < -0.4 is 11.1 Å². The fraction of sp³-hybridized carbons (Fsp3) is 0.529. The molecular weight excluding hydrogens is 294 g/mol. The van der Waals surface area contributed by atoms with E-state index in [1.54, 1.807) is 0 Å². The smallest absolute Gasteiger partial charge is 0.317 e. The van der Waals surface area contributed by atoms with Crippen LogP contribution in [-0.4, -0.2) is 48.7 Å². The van der Waals surface area contributed by atoms with Gasteiger partial charge in [-0.15, -0.1) is 0 Å². The molecular formula is C17H23N3O3. The quantitative estimate of drug-likeness (QED) is 0.866. The minimum atomic E-state index is -0.510. The number of carbonyl (C=O) groups excluding carboxylic acids is 2. The van der Waals surface area contributed by atoms with E-state index in [1.807, 2.05) is 17.0 Å². The first kappa shape index (κ1) is 15.8. The number of hydrogen-bond acceptors (Lipinski definition) is 3. The highest BCUT2D eigenvalue weighted by Gasteiger charge is 2.29. The van der Waals surface area contributed by atoms with E-state index in [1.165, 1.54) is 11.1 Å². The van der Waals surface area contributed by atoms with Gasteiger partial charge in [0, 0.05) is 19.6 Å². The zero-order valence-corrected chi connectivity index (χ0v) is 13.2. The van der Waals surface area contributed by atoms with Crippen molar-refractivity contribution in [3.63, 3.8) is 0 Å². The number of fused-ring (bicyclic) bond motifs is 1. The summed E-state index contributed by atoms with van der Waals surface area (Å²) in [7, 11) is 0. The summed E-state index contributed by atoms with van der Waals surface area (Å²) in [4.78, 5) is 25.3. The zero-order valence-electron chi connectivity index (χ0n) is 13.2. The third-order valence-electron chi connectivity index (χ3n) is 4.61. The fourth-order valence-corrected chi connectivity index (χ4v) is 3.25. The third-order valence-corrected chi connectivity index (χ3v) is 4.61. The number of nitrogens with zero attached hydrogens (tertiary/aromatic N) is 1. The van der Waals surface area contributed by atoms with Crippen molar-refractivity contribution in [3.05, 3.63) is 35.4 Å². The number of nitrogens with two attached hydrogens (primary N) is 1. The third kappa shape index (κ3) is 3.82. The second-order valence-corrected chi connectivity index (χ2v) is 6.17. The maximum atomic E-state index is 12.3. The van der Waals surface area contributed by atoms with Crippen molar-refractivity contribution in [1.82, 2.24) is 10.2 Å². The zero-order chi connectivity index (χ0) is 16.2. The van der Waals surface area contributed by atoms with Crippen LogP contribution in [0.25, 0.3) is 0 Å². The van der Waals surface area contributed by atoms with Crippen LogP contribution in [0, 0.1) is 0 Å². The number of amides is 3. The van der Waals surface area contributed by atoms with E-state index in [2.05, 4.69) is 17.4 Å². The van der Waals surface area contributed by atoms with Gasteiger partial charge >= 0.3 is 6.03 Å². The first-order chi connectivity index (χ1) is 11.1. The number of primary amides is 1. The van der Waals surface area contributed by atoms with Crippen molar-refractivity contribution in [1.29, 1.82) is 0 Å². The first-order valence-electron chi connectivity index (χ1n) is 8.18. The number of nitrogens with one attached hydrogen (secondary N) is 1. The van der Waals surface area contributed by atoms with Crippen LogP contribution in [0.5, 0.6) is 0 Å². The van der Waals surface area contributed by atoms with E-state index in [4.69, 9.17) is 10.5 Å². The van der Waals surface area contributed by atoms with Crippen LogP contribution in [0.3, 0.4) is 0 Å². The molecule has 124 valence electrons. The molecule has 6 nitrogen and oxygen atoms in total. The first-order valence-corrected chi connectivity index (χ1v) is 8.18. The van der Waals surface area contributed by atoms with Gasteiger partial charge in [-0.1, -0.05) is 24.3 Å². The monoisotopic (exact) mass is 317 g/mol. The van der Waals surface area contributed by atoms with Gasteiger partial charge in [0.1, 0.15) is 6.10 Å². The Hall–Kier alpha value is -2.08. The normalized spacial score (nSPS) is 23.9. The molecule has 6 heteroatoms. The number of rotatable bonds is 3. The average molecular weight is 317 g/mol. The van der Waals surface area contributed by atoms with Crippen LogP contribution in [0.2, 0.25) is 0 Å². The Morgan fingerprint density at radius 1 is 1.17 bits per heavy atom.